The van der Waals surface area contributed by atoms with E-state index >= 15 is 0 Å². The van der Waals surface area contributed by atoms with Crippen molar-refractivity contribution in [2.45, 2.75) is 117 Å². The number of H-pyrrole nitrogens is 1. The van der Waals surface area contributed by atoms with Gasteiger partial charge in [-0.1, -0.05) is 88.4 Å². The highest BCUT2D eigenvalue weighted by molar-refractivity contribution is 6.01. The topological polar surface area (TPSA) is 198 Å². The molecule has 14 nitrogen and oxygen atoms in total. The van der Waals surface area contributed by atoms with E-state index in [9.17, 15) is 28.8 Å². The highest BCUT2D eigenvalue weighted by Gasteiger charge is 2.34. The van der Waals surface area contributed by atoms with Crippen molar-refractivity contribution in [3.05, 3.63) is 89.2 Å². The van der Waals surface area contributed by atoms with Crippen LogP contribution in [0.1, 0.15) is 101 Å². The van der Waals surface area contributed by atoms with Gasteiger partial charge in [-0.25, -0.2) is 9.59 Å². The van der Waals surface area contributed by atoms with E-state index in [1.807, 2.05) is 12.1 Å². The minimum Gasteiger partial charge on any atom is -0.458 e. The Labute approximate surface area is 323 Å². The summed E-state index contributed by atoms with van der Waals surface area (Å²) < 4.78 is 11.1. The van der Waals surface area contributed by atoms with Gasteiger partial charge in [0, 0.05) is 18.9 Å². The van der Waals surface area contributed by atoms with Gasteiger partial charge in [0.25, 0.3) is 11.8 Å². The summed E-state index contributed by atoms with van der Waals surface area (Å²) in [4.78, 5) is 80.4. The number of aromatic nitrogens is 2. The van der Waals surface area contributed by atoms with E-state index in [1.54, 1.807) is 118 Å². The van der Waals surface area contributed by atoms with Gasteiger partial charge >= 0.3 is 11.9 Å². The summed E-state index contributed by atoms with van der Waals surface area (Å²) in [5, 5.41) is 17.4. The number of nitrogens with zero attached hydrogens (tertiary/aromatic N) is 1. The zero-order valence-electron chi connectivity index (χ0n) is 33.4. The first kappa shape index (κ1) is 43.9. The molecule has 0 aliphatic rings. The maximum absolute atomic E-state index is 13.7. The van der Waals surface area contributed by atoms with Crippen molar-refractivity contribution in [1.29, 1.82) is 0 Å². The van der Waals surface area contributed by atoms with E-state index in [1.165, 1.54) is 6.07 Å². The summed E-state index contributed by atoms with van der Waals surface area (Å²) in [5.41, 5.74) is -0.384. The monoisotopic (exact) mass is 760 g/mol. The van der Waals surface area contributed by atoms with Crippen molar-refractivity contribution in [3.8, 4) is 0 Å². The molecule has 0 saturated heterocycles. The first-order chi connectivity index (χ1) is 25.6. The molecule has 298 valence electrons. The second-order valence-electron chi connectivity index (χ2n) is 16.1. The largest absolute Gasteiger partial charge is 0.458 e. The van der Waals surface area contributed by atoms with Crippen LogP contribution in [0.15, 0.2) is 66.7 Å². The summed E-state index contributed by atoms with van der Waals surface area (Å²) in [6.45, 7) is 17.5. The number of carbonyl (C=O) groups excluding carboxylic acids is 6. The molecule has 3 rings (SSSR count). The fourth-order valence-corrected chi connectivity index (χ4v) is 5.37. The average molecular weight is 761 g/mol. The minimum atomic E-state index is -1.13. The summed E-state index contributed by atoms with van der Waals surface area (Å²) in [6.07, 6.45) is 0.183. The highest BCUT2D eigenvalue weighted by atomic mass is 16.6. The van der Waals surface area contributed by atoms with Crippen LogP contribution in [0.3, 0.4) is 0 Å². The SMILES string of the molecule is CC(C)[C@H](NC(=O)[C@H](Cc1ccccc1)NC(=O)c1cc(C(=O)N[C@@H](Cc2ccccc2)C(=O)N[C@H](C(=O)OC(C)(C)C)C(C)C)[nH]n1)C(=O)OC(C)(C)C. The Kier molecular flexibility index (Phi) is 15.3. The molecule has 0 aliphatic heterocycles. The maximum Gasteiger partial charge on any atom is 0.329 e. The molecule has 0 aliphatic carbocycles. The molecule has 0 saturated carbocycles. The van der Waals surface area contributed by atoms with Crippen LogP contribution in [-0.4, -0.2) is 81.1 Å². The van der Waals surface area contributed by atoms with E-state index in [-0.39, 0.29) is 36.1 Å². The molecule has 0 unspecified atom stereocenters. The van der Waals surface area contributed by atoms with Crippen molar-refractivity contribution in [3.63, 3.8) is 0 Å². The number of aromatic amines is 1. The number of ether oxygens (including phenoxy) is 2. The van der Waals surface area contributed by atoms with Crippen LogP contribution in [0.4, 0.5) is 0 Å². The molecule has 2 aromatic carbocycles. The Balaban J connectivity index is 1.82. The predicted molar refractivity (Wildman–Crippen MR) is 207 cm³/mol. The predicted octanol–water partition coefficient (Wildman–Crippen LogP) is 4.06. The molecule has 0 bridgehead atoms. The molecule has 1 aromatic heterocycles. The van der Waals surface area contributed by atoms with Crippen molar-refractivity contribution in [2.24, 2.45) is 11.8 Å². The van der Waals surface area contributed by atoms with Crippen LogP contribution in [0.25, 0.3) is 0 Å². The van der Waals surface area contributed by atoms with Gasteiger partial charge in [0.15, 0.2) is 5.69 Å². The highest BCUT2D eigenvalue weighted by Crippen LogP contribution is 2.16. The number of rotatable bonds is 16. The lowest BCUT2D eigenvalue weighted by atomic mass is 10.0. The Hall–Kier alpha value is -5.53. The molecular formula is C41H56N6O8. The van der Waals surface area contributed by atoms with E-state index in [0.29, 0.717) is 0 Å². The number of amides is 4. The molecule has 3 aromatic rings. The van der Waals surface area contributed by atoms with Gasteiger partial charge < -0.3 is 30.7 Å². The van der Waals surface area contributed by atoms with Crippen LogP contribution in [0.2, 0.25) is 0 Å². The lowest BCUT2D eigenvalue weighted by Gasteiger charge is -2.28. The normalized spacial score (nSPS) is 13.9. The number of nitrogens with one attached hydrogen (secondary N) is 5. The van der Waals surface area contributed by atoms with Gasteiger partial charge in [0.05, 0.1) is 0 Å². The Morgan fingerprint density at radius 2 is 0.982 bits per heavy atom. The van der Waals surface area contributed by atoms with Gasteiger partial charge in [-0.15, -0.1) is 0 Å². The van der Waals surface area contributed by atoms with Crippen molar-refractivity contribution in [2.75, 3.05) is 0 Å². The molecule has 4 atom stereocenters. The molecule has 0 radical (unpaired) electrons. The van der Waals surface area contributed by atoms with Gasteiger partial charge in [0.1, 0.15) is 41.1 Å². The Morgan fingerprint density at radius 3 is 1.35 bits per heavy atom. The van der Waals surface area contributed by atoms with E-state index in [0.717, 1.165) is 11.1 Å². The first-order valence-corrected chi connectivity index (χ1v) is 18.4. The number of hydrogen-bond acceptors (Lipinski definition) is 9. The van der Waals surface area contributed by atoms with Crippen LogP contribution >= 0.6 is 0 Å². The number of hydrogen-bond donors (Lipinski definition) is 5. The summed E-state index contributed by atoms with van der Waals surface area (Å²) in [5.74, 6) is -4.57. The van der Waals surface area contributed by atoms with Crippen molar-refractivity contribution >= 4 is 35.6 Å². The summed E-state index contributed by atoms with van der Waals surface area (Å²) in [6, 6.07) is 15.0. The molecular weight excluding hydrogens is 704 g/mol. The lowest BCUT2D eigenvalue weighted by Crippen LogP contribution is -2.55. The third kappa shape index (κ3) is 14.3. The second-order valence-corrected chi connectivity index (χ2v) is 16.1. The molecule has 4 amide bonds. The molecule has 0 fully saturated rings. The number of benzene rings is 2. The molecule has 0 spiro atoms. The summed E-state index contributed by atoms with van der Waals surface area (Å²) >= 11 is 0. The van der Waals surface area contributed by atoms with Crippen molar-refractivity contribution in [1.82, 2.24) is 31.5 Å². The first-order valence-electron chi connectivity index (χ1n) is 18.4. The number of esters is 2. The zero-order chi connectivity index (χ0) is 41.1. The van der Waals surface area contributed by atoms with Crippen LogP contribution in [0, 0.1) is 11.8 Å². The standard InChI is InChI=1S/C41H56N6O8/c1-24(2)32(38(52)54-40(5,6)7)44-34(48)28(21-26-17-13-11-14-18-26)42-36(50)30-23-31(47-46-30)37(51)43-29(22-27-19-15-12-16-20-27)35(49)45-33(25(3)4)39(53)55-41(8,9)10/h11-20,23-25,28-29,32-33H,21-22H2,1-10H3,(H,42,50)(H,43,51)(H,44,48)(H,45,49)(H,46,47)/t28-,29-,32-,33-/m0/s1. The maximum atomic E-state index is 13.7. The zero-order valence-corrected chi connectivity index (χ0v) is 33.4. The van der Waals surface area contributed by atoms with Gasteiger partial charge in [0.2, 0.25) is 11.8 Å². The smallest absolute Gasteiger partial charge is 0.329 e. The van der Waals surface area contributed by atoms with E-state index in [4.69, 9.17) is 9.47 Å². The fourth-order valence-electron chi connectivity index (χ4n) is 5.37. The van der Waals surface area contributed by atoms with Gasteiger partial charge in [-0.05, 0) is 64.5 Å². The lowest BCUT2D eigenvalue weighted by molar-refractivity contribution is -0.160. The van der Waals surface area contributed by atoms with E-state index < -0.39 is 70.9 Å². The van der Waals surface area contributed by atoms with Gasteiger partial charge in [-0.3, -0.25) is 24.3 Å². The average Bonchev–Trinajstić information content (AvgIpc) is 3.59. The van der Waals surface area contributed by atoms with Crippen molar-refractivity contribution < 1.29 is 38.2 Å². The van der Waals surface area contributed by atoms with Gasteiger partial charge in [-0.2, -0.15) is 5.10 Å². The second kappa shape index (κ2) is 19.2. The molecule has 5 N–H and O–H groups in total. The minimum absolute atomic E-state index is 0.0895. The van der Waals surface area contributed by atoms with Crippen LogP contribution in [0.5, 0.6) is 0 Å². The third-order valence-electron chi connectivity index (χ3n) is 8.11. The third-order valence-corrected chi connectivity index (χ3v) is 8.11. The Bertz CT molecular complexity index is 1650. The van der Waals surface area contributed by atoms with E-state index in [2.05, 4.69) is 31.5 Å². The quantitative estimate of drug-likeness (QED) is 0.134. The molecule has 1 heterocycles. The van der Waals surface area contributed by atoms with Crippen LogP contribution < -0.4 is 21.3 Å². The summed E-state index contributed by atoms with van der Waals surface area (Å²) in [7, 11) is 0. The Morgan fingerprint density at radius 1 is 0.600 bits per heavy atom. The molecule has 14 heteroatoms. The fraction of sp³-hybridized carbons (Fsp3) is 0.488. The molecule has 55 heavy (non-hydrogen) atoms. The number of carbonyl (C=O) groups is 6. The van der Waals surface area contributed by atoms with Crippen LogP contribution in [-0.2, 0) is 41.5 Å².